The summed E-state index contributed by atoms with van der Waals surface area (Å²) in [4.78, 5) is 23.1. The SMILES string of the molecule is O=C1CCN1CCN1CCCC(N2CCc3cncc4cccc2c34)C1. The third-order valence-electron chi connectivity index (χ3n) is 6.33. The standard InChI is InChI=1S/C21H26N4O/c26-20-7-9-24(20)12-11-23-8-2-4-18(15-23)25-10-6-17-14-22-13-16-3-1-5-19(25)21(16)17/h1,3,5,13-14,18H,2,4,6-12,15H2. The number of β-lactam (4-membered cyclic amide) rings is 1. The first-order valence-corrected chi connectivity index (χ1v) is 9.92. The molecule has 0 spiro atoms. The number of benzene rings is 1. The second-order valence-electron chi connectivity index (χ2n) is 7.84. The minimum atomic E-state index is 0.325. The highest BCUT2D eigenvalue weighted by Gasteiger charge is 2.30. The Morgan fingerprint density at radius 3 is 2.88 bits per heavy atom. The third kappa shape index (κ3) is 2.75. The number of hydrogen-bond acceptors (Lipinski definition) is 4. The fourth-order valence-electron chi connectivity index (χ4n) is 4.81. The molecule has 1 aromatic carbocycles. The number of anilines is 1. The fourth-order valence-corrected chi connectivity index (χ4v) is 4.81. The summed E-state index contributed by atoms with van der Waals surface area (Å²) in [6, 6.07) is 7.19. The maximum atomic E-state index is 11.5. The zero-order valence-electron chi connectivity index (χ0n) is 15.2. The van der Waals surface area contributed by atoms with Gasteiger partial charge in [-0.05, 0) is 37.4 Å². The van der Waals surface area contributed by atoms with Crippen molar-refractivity contribution in [2.75, 3.05) is 44.2 Å². The van der Waals surface area contributed by atoms with Gasteiger partial charge in [-0.15, -0.1) is 0 Å². The van der Waals surface area contributed by atoms with Crippen LogP contribution in [-0.2, 0) is 11.2 Å². The van der Waals surface area contributed by atoms with Crippen molar-refractivity contribution >= 4 is 22.4 Å². The Morgan fingerprint density at radius 1 is 1.08 bits per heavy atom. The maximum Gasteiger partial charge on any atom is 0.224 e. The van der Waals surface area contributed by atoms with Crippen LogP contribution < -0.4 is 4.90 Å². The lowest BCUT2D eigenvalue weighted by Gasteiger charge is -2.43. The molecule has 5 heteroatoms. The molecule has 0 aliphatic carbocycles. The quantitative estimate of drug-likeness (QED) is 0.794. The largest absolute Gasteiger partial charge is 0.366 e. The number of carbonyl (C=O) groups is 1. The second-order valence-corrected chi connectivity index (χ2v) is 7.84. The van der Waals surface area contributed by atoms with Crippen LogP contribution in [0.25, 0.3) is 10.8 Å². The monoisotopic (exact) mass is 350 g/mol. The van der Waals surface area contributed by atoms with Crippen LogP contribution in [0, 0.1) is 0 Å². The average Bonchev–Trinajstić information content (AvgIpc) is 2.68. The number of nitrogens with zero attached hydrogens (tertiary/aromatic N) is 4. The van der Waals surface area contributed by atoms with Crippen LogP contribution in [0.4, 0.5) is 5.69 Å². The number of likely N-dealkylation sites (tertiary alicyclic amines) is 2. The van der Waals surface area contributed by atoms with Crippen LogP contribution in [0.2, 0.25) is 0 Å². The van der Waals surface area contributed by atoms with Crippen molar-refractivity contribution in [2.45, 2.75) is 31.7 Å². The number of hydrogen-bond donors (Lipinski definition) is 0. The first-order chi connectivity index (χ1) is 12.8. The molecule has 0 saturated carbocycles. The molecule has 4 heterocycles. The van der Waals surface area contributed by atoms with E-state index in [2.05, 4.69) is 33.0 Å². The number of pyridine rings is 1. The zero-order chi connectivity index (χ0) is 17.5. The van der Waals surface area contributed by atoms with E-state index in [-0.39, 0.29) is 0 Å². The predicted molar refractivity (Wildman–Crippen MR) is 103 cm³/mol. The highest BCUT2D eigenvalue weighted by molar-refractivity contribution is 5.97. The van der Waals surface area contributed by atoms with Crippen LogP contribution in [-0.4, -0.2) is 66.0 Å². The van der Waals surface area contributed by atoms with Gasteiger partial charge in [0.15, 0.2) is 0 Å². The molecule has 2 aromatic rings. The van der Waals surface area contributed by atoms with Gasteiger partial charge in [-0.25, -0.2) is 0 Å². The number of rotatable bonds is 4. The number of amides is 1. The van der Waals surface area contributed by atoms with E-state index in [1.807, 2.05) is 17.3 Å². The molecule has 0 radical (unpaired) electrons. The first kappa shape index (κ1) is 16.1. The Bertz CT molecular complexity index is 831. The van der Waals surface area contributed by atoms with E-state index >= 15 is 0 Å². The molecule has 5 nitrogen and oxygen atoms in total. The lowest BCUT2D eigenvalue weighted by atomic mass is 9.95. The minimum Gasteiger partial charge on any atom is -0.366 e. The van der Waals surface area contributed by atoms with Crippen LogP contribution in [0.3, 0.4) is 0 Å². The molecule has 2 saturated heterocycles. The van der Waals surface area contributed by atoms with Gasteiger partial charge in [-0.3, -0.25) is 14.7 Å². The van der Waals surface area contributed by atoms with Gasteiger partial charge in [0, 0.05) is 74.0 Å². The number of carbonyl (C=O) groups excluding carboxylic acids is 1. The minimum absolute atomic E-state index is 0.325. The van der Waals surface area contributed by atoms with Crippen molar-refractivity contribution in [3.8, 4) is 0 Å². The van der Waals surface area contributed by atoms with Crippen LogP contribution in [0.5, 0.6) is 0 Å². The molecular formula is C21H26N4O. The van der Waals surface area contributed by atoms with Gasteiger partial charge >= 0.3 is 0 Å². The molecule has 136 valence electrons. The summed E-state index contributed by atoms with van der Waals surface area (Å²) in [5, 5.41) is 2.66. The second kappa shape index (κ2) is 6.54. The summed E-state index contributed by atoms with van der Waals surface area (Å²) >= 11 is 0. The Balaban J connectivity index is 1.33. The van der Waals surface area contributed by atoms with Crippen molar-refractivity contribution in [1.82, 2.24) is 14.8 Å². The van der Waals surface area contributed by atoms with Gasteiger partial charge in [-0.1, -0.05) is 12.1 Å². The number of aromatic nitrogens is 1. The predicted octanol–water partition coefficient (Wildman–Crippen LogP) is 2.29. The van der Waals surface area contributed by atoms with Crippen molar-refractivity contribution in [3.63, 3.8) is 0 Å². The van der Waals surface area contributed by atoms with Crippen LogP contribution in [0.1, 0.15) is 24.8 Å². The molecular weight excluding hydrogens is 324 g/mol. The molecule has 1 unspecified atom stereocenters. The Hall–Kier alpha value is -2.14. The lowest BCUT2D eigenvalue weighted by Crippen LogP contribution is -2.52. The summed E-state index contributed by atoms with van der Waals surface area (Å²) in [7, 11) is 0. The fraction of sp³-hybridized carbons (Fsp3) is 0.524. The number of piperidine rings is 1. The normalized spacial score (nSPS) is 23.4. The highest BCUT2D eigenvalue weighted by Crippen LogP contribution is 2.36. The van der Waals surface area contributed by atoms with E-state index in [1.54, 1.807) is 0 Å². The summed E-state index contributed by atoms with van der Waals surface area (Å²) in [6.07, 6.45) is 8.36. The van der Waals surface area contributed by atoms with Gasteiger partial charge in [0.2, 0.25) is 5.91 Å². The molecule has 1 aromatic heterocycles. The van der Waals surface area contributed by atoms with E-state index in [0.29, 0.717) is 11.9 Å². The third-order valence-corrected chi connectivity index (χ3v) is 6.33. The average molecular weight is 350 g/mol. The molecule has 3 aliphatic heterocycles. The maximum absolute atomic E-state index is 11.5. The molecule has 2 fully saturated rings. The molecule has 5 rings (SSSR count). The van der Waals surface area contributed by atoms with E-state index in [1.165, 1.54) is 34.9 Å². The van der Waals surface area contributed by atoms with Gasteiger partial charge in [-0.2, -0.15) is 0 Å². The summed E-state index contributed by atoms with van der Waals surface area (Å²) in [6.45, 7) is 6.22. The summed E-state index contributed by atoms with van der Waals surface area (Å²) < 4.78 is 0. The Labute approximate surface area is 154 Å². The van der Waals surface area contributed by atoms with E-state index < -0.39 is 0 Å². The molecule has 1 amide bonds. The van der Waals surface area contributed by atoms with Crippen molar-refractivity contribution < 1.29 is 4.79 Å². The zero-order valence-corrected chi connectivity index (χ0v) is 15.2. The van der Waals surface area contributed by atoms with Crippen molar-refractivity contribution in [3.05, 3.63) is 36.2 Å². The van der Waals surface area contributed by atoms with Gasteiger partial charge in [0.1, 0.15) is 0 Å². The molecule has 0 bridgehead atoms. The van der Waals surface area contributed by atoms with Gasteiger partial charge in [0.25, 0.3) is 0 Å². The first-order valence-electron chi connectivity index (χ1n) is 9.92. The Morgan fingerprint density at radius 2 is 2.04 bits per heavy atom. The molecule has 3 aliphatic rings. The van der Waals surface area contributed by atoms with Crippen LogP contribution in [0.15, 0.2) is 30.6 Å². The smallest absolute Gasteiger partial charge is 0.224 e. The molecule has 26 heavy (non-hydrogen) atoms. The van der Waals surface area contributed by atoms with Gasteiger partial charge < -0.3 is 9.80 Å². The Kier molecular flexibility index (Phi) is 4.04. The topological polar surface area (TPSA) is 39.7 Å². The van der Waals surface area contributed by atoms with Gasteiger partial charge in [0.05, 0.1) is 0 Å². The van der Waals surface area contributed by atoms with Crippen molar-refractivity contribution in [1.29, 1.82) is 0 Å². The molecule has 0 N–H and O–H groups in total. The summed E-state index contributed by atoms with van der Waals surface area (Å²) in [5.41, 5.74) is 2.77. The van der Waals surface area contributed by atoms with E-state index in [0.717, 1.165) is 52.1 Å². The molecule has 1 atom stereocenters. The van der Waals surface area contributed by atoms with Crippen LogP contribution >= 0.6 is 0 Å². The van der Waals surface area contributed by atoms with E-state index in [4.69, 9.17) is 0 Å². The van der Waals surface area contributed by atoms with Crippen molar-refractivity contribution in [2.24, 2.45) is 0 Å². The highest BCUT2D eigenvalue weighted by atomic mass is 16.2. The lowest BCUT2D eigenvalue weighted by molar-refractivity contribution is -0.140. The van der Waals surface area contributed by atoms with E-state index in [9.17, 15) is 4.79 Å². The summed E-state index contributed by atoms with van der Waals surface area (Å²) in [5.74, 6) is 0.325.